The molecule has 1 atom stereocenters. The molecule has 0 spiro atoms. The molecule has 5 nitrogen and oxygen atoms in total. The quantitative estimate of drug-likeness (QED) is 0.832. The normalized spacial score (nSPS) is 22.0. The Morgan fingerprint density at radius 3 is 2.42 bits per heavy atom. The van der Waals surface area contributed by atoms with E-state index in [4.69, 9.17) is 5.11 Å². The van der Waals surface area contributed by atoms with E-state index in [1.807, 2.05) is 0 Å². The Morgan fingerprint density at radius 1 is 1.21 bits per heavy atom. The van der Waals surface area contributed by atoms with Crippen molar-refractivity contribution in [1.29, 1.82) is 0 Å². The molecule has 1 fully saturated rings. The molecule has 0 saturated heterocycles. The number of carbonyl (C=O) groups excluding carboxylic acids is 1. The maximum Gasteiger partial charge on any atom is 0.387 e. The molecule has 7 heteroatoms. The number of alkyl halides is 2. The Labute approximate surface area is 139 Å². The van der Waals surface area contributed by atoms with Gasteiger partial charge in [0.15, 0.2) is 0 Å². The van der Waals surface area contributed by atoms with Crippen LogP contribution < -0.4 is 10.1 Å². The zero-order valence-corrected chi connectivity index (χ0v) is 13.4. The van der Waals surface area contributed by atoms with Crippen molar-refractivity contribution in [3.8, 4) is 5.75 Å². The van der Waals surface area contributed by atoms with Gasteiger partial charge in [0.05, 0.1) is 12.0 Å². The van der Waals surface area contributed by atoms with Crippen LogP contribution >= 0.6 is 0 Å². The summed E-state index contributed by atoms with van der Waals surface area (Å²) in [6.07, 6.45) is 2.09. The lowest BCUT2D eigenvalue weighted by Crippen LogP contribution is -2.35. The minimum absolute atomic E-state index is 0.0468. The third-order valence-corrected chi connectivity index (χ3v) is 4.39. The van der Waals surface area contributed by atoms with E-state index in [0.717, 1.165) is 0 Å². The van der Waals surface area contributed by atoms with E-state index in [9.17, 15) is 18.4 Å². The number of carboxylic acid groups (broad SMARTS) is 1. The van der Waals surface area contributed by atoms with Gasteiger partial charge in [-0.1, -0.05) is 12.1 Å². The van der Waals surface area contributed by atoms with Crippen molar-refractivity contribution in [2.75, 3.05) is 0 Å². The summed E-state index contributed by atoms with van der Waals surface area (Å²) in [5.41, 5.74) is 0.667. The summed E-state index contributed by atoms with van der Waals surface area (Å²) in [5.74, 6) is -1.46. The maximum atomic E-state index is 12.3. The highest BCUT2D eigenvalue weighted by atomic mass is 19.3. The molecule has 1 amide bonds. The second-order valence-corrected chi connectivity index (χ2v) is 6.07. The van der Waals surface area contributed by atoms with E-state index in [0.29, 0.717) is 31.2 Å². The smallest absolute Gasteiger partial charge is 0.387 e. The minimum atomic E-state index is -2.89. The Kier molecular flexibility index (Phi) is 6.11. The van der Waals surface area contributed by atoms with E-state index in [2.05, 4.69) is 10.1 Å². The van der Waals surface area contributed by atoms with E-state index >= 15 is 0 Å². The first-order valence-corrected chi connectivity index (χ1v) is 7.94. The standard InChI is InChI=1S/C17H21F2NO4/c1-10(13-3-2-4-14(9-13)24-17(18)19)20-15(21)11-5-7-12(8-6-11)16(22)23/h2-4,9-12,17H,5-8H2,1H3,(H,20,21)(H,22,23). The van der Waals surface area contributed by atoms with Gasteiger partial charge in [0.1, 0.15) is 5.75 Å². The third-order valence-electron chi connectivity index (χ3n) is 4.39. The number of nitrogens with one attached hydrogen (secondary N) is 1. The molecule has 0 heterocycles. The molecule has 2 N–H and O–H groups in total. The van der Waals surface area contributed by atoms with Crippen LogP contribution in [-0.2, 0) is 9.59 Å². The van der Waals surface area contributed by atoms with Crippen molar-refractivity contribution in [2.45, 2.75) is 45.3 Å². The van der Waals surface area contributed by atoms with Gasteiger partial charge in [-0.2, -0.15) is 8.78 Å². The lowest BCUT2D eigenvalue weighted by molar-refractivity contribution is -0.144. The van der Waals surface area contributed by atoms with Gasteiger partial charge in [-0.15, -0.1) is 0 Å². The van der Waals surface area contributed by atoms with Crippen LogP contribution in [-0.4, -0.2) is 23.6 Å². The van der Waals surface area contributed by atoms with Crippen molar-refractivity contribution >= 4 is 11.9 Å². The number of aliphatic carboxylic acids is 1. The maximum absolute atomic E-state index is 12.3. The number of carboxylic acids is 1. The molecule has 1 aromatic rings. The summed E-state index contributed by atoms with van der Waals surface area (Å²) < 4.78 is 28.9. The lowest BCUT2D eigenvalue weighted by atomic mass is 9.81. The molecule has 1 unspecified atom stereocenters. The van der Waals surface area contributed by atoms with Crippen LogP contribution in [0.5, 0.6) is 5.75 Å². The first kappa shape index (κ1) is 18.2. The monoisotopic (exact) mass is 341 g/mol. The number of halogens is 2. The van der Waals surface area contributed by atoms with Crippen molar-refractivity contribution in [1.82, 2.24) is 5.32 Å². The van der Waals surface area contributed by atoms with Crippen LogP contribution in [0.1, 0.15) is 44.2 Å². The van der Waals surface area contributed by atoms with Gasteiger partial charge < -0.3 is 15.2 Å². The van der Waals surface area contributed by atoms with Crippen LogP contribution in [0.15, 0.2) is 24.3 Å². The topological polar surface area (TPSA) is 75.6 Å². The van der Waals surface area contributed by atoms with Crippen LogP contribution in [0.4, 0.5) is 8.78 Å². The predicted molar refractivity (Wildman–Crippen MR) is 82.7 cm³/mol. The largest absolute Gasteiger partial charge is 0.481 e. The Hall–Kier alpha value is -2.18. The number of hydrogen-bond acceptors (Lipinski definition) is 3. The summed E-state index contributed by atoms with van der Waals surface area (Å²) >= 11 is 0. The molecular formula is C17H21F2NO4. The fourth-order valence-corrected chi connectivity index (χ4v) is 2.98. The van der Waals surface area contributed by atoms with Crippen molar-refractivity contribution < 1.29 is 28.2 Å². The van der Waals surface area contributed by atoms with Crippen LogP contribution in [0, 0.1) is 11.8 Å². The highest BCUT2D eigenvalue weighted by molar-refractivity contribution is 5.79. The molecule has 0 bridgehead atoms. The van der Waals surface area contributed by atoms with Gasteiger partial charge in [0, 0.05) is 5.92 Å². The molecule has 1 aliphatic carbocycles. The zero-order chi connectivity index (χ0) is 17.7. The number of rotatable bonds is 6. The van der Waals surface area contributed by atoms with Crippen molar-refractivity contribution in [3.05, 3.63) is 29.8 Å². The van der Waals surface area contributed by atoms with E-state index < -0.39 is 12.6 Å². The average molecular weight is 341 g/mol. The van der Waals surface area contributed by atoms with Gasteiger partial charge >= 0.3 is 12.6 Å². The molecule has 1 aromatic carbocycles. The van der Waals surface area contributed by atoms with Gasteiger partial charge in [0.25, 0.3) is 0 Å². The summed E-state index contributed by atoms with van der Waals surface area (Å²) in [5, 5.41) is 11.8. The Bertz CT molecular complexity index is 586. The summed E-state index contributed by atoms with van der Waals surface area (Å²) in [7, 11) is 0. The molecule has 132 valence electrons. The highest BCUT2D eigenvalue weighted by Crippen LogP contribution is 2.30. The summed E-state index contributed by atoms with van der Waals surface area (Å²) in [4.78, 5) is 23.2. The van der Waals surface area contributed by atoms with Crippen LogP contribution in [0.25, 0.3) is 0 Å². The fraction of sp³-hybridized carbons (Fsp3) is 0.529. The fourth-order valence-electron chi connectivity index (χ4n) is 2.98. The van der Waals surface area contributed by atoms with Crippen molar-refractivity contribution in [3.63, 3.8) is 0 Å². The van der Waals surface area contributed by atoms with Crippen LogP contribution in [0.3, 0.4) is 0 Å². The van der Waals surface area contributed by atoms with Crippen molar-refractivity contribution in [2.24, 2.45) is 11.8 Å². The Morgan fingerprint density at radius 2 is 1.83 bits per heavy atom. The molecule has 0 radical (unpaired) electrons. The number of hydrogen-bond donors (Lipinski definition) is 2. The molecular weight excluding hydrogens is 320 g/mol. The number of amides is 1. The third kappa shape index (κ3) is 4.91. The predicted octanol–water partition coefficient (Wildman–Crippen LogP) is 3.36. The number of benzene rings is 1. The van der Waals surface area contributed by atoms with Gasteiger partial charge in [-0.25, -0.2) is 0 Å². The van der Waals surface area contributed by atoms with E-state index in [1.54, 1.807) is 19.1 Å². The number of carbonyl (C=O) groups is 2. The first-order chi connectivity index (χ1) is 11.4. The second kappa shape index (κ2) is 8.08. The summed E-state index contributed by atoms with van der Waals surface area (Å²) in [6, 6.07) is 5.87. The molecule has 1 saturated carbocycles. The minimum Gasteiger partial charge on any atom is -0.481 e. The lowest BCUT2D eigenvalue weighted by Gasteiger charge is -2.26. The van der Waals surface area contributed by atoms with Gasteiger partial charge in [-0.3, -0.25) is 9.59 Å². The average Bonchev–Trinajstić information content (AvgIpc) is 2.54. The molecule has 0 aromatic heterocycles. The van der Waals surface area contributed by atoms with Crippen LogP contribution in [0.2, 0.25) is 0 Å². The Balaban J connectivity index is 1.91. The molecule has 0 aliphatic heterocycles. The molecule has 1 aliphatic rings. The molecule has 2 rings (SSSR count). The SMILES string of the molecule is CC(NC(=O)C1CCC(C(=O)O)CC1)c1cccc(OC(F)F)c1. The van der Waals surface area contributed by atoms with E-state index in [-0.39, 0.29) is 29.5 Å². The highest BCUT2D eigenvalue weighted by Gasteiger charge is 2.30. The van der Waals surface area contributed by atoms with Gasteiger partial charge in [0.2, 0.25) is 5.91 Å². The summed E-state index contributed by atoms with van der Waals surface area (Å²) in [6.45, 7) is -1.13. The van der Waals surface area contributed by atoms with E-state index in [1.165, 1.54) is 12.1 Å². The zero-order valence-electron chi connectivity index (χ0n) is 13.4. The van der Waals surface area contributed by atoms with Gasteiger partial charge in [-0.05, 0) is 50.3 Å². The first-order valence-electron chi connectivity index (χ1n) is 7.94. The second-order valence-electron chi connectivity index (χ2n) is 6.07. The number of ether oxygens (including phenoxy) is 1. The molecule has 24 heavy (non-hydrogen) atoms.